The van der Waals surface area contributed by atoms with Gasteiger partial charge in [-0.25, -0.2) is 10.9 Å². The van der Waals surface area contributed by atoms with Crippen LogP contribution in [0.1, 0.15) is 22.3 Å². The van der Waals surface area contributed by atoms with Crippen LogP contribution in [0.15, 0.2) is 76.6 Å². The second-order valence-electron chi connectivity index (χ2n) is 7.90. The number of hydrogen-bond donors (Lipinski definition) is 2. The van der Waals surface area contributed by atoms with Crippen LogP contribution >= 0.6 is 63.7 Å². The zero-order valence-electron chi connectivity index (χ0n) is 20.2. The topological polar surface area (TPSA) is 101 Å². The molecule has 0 aliphatic carbocycles. The number of ether oxygens (including phenoxy) is 2. The summed E-state index contributed by atoms with van der Waals surface area (Å²) in [5, 5.41) is 7.91. The number of carbonyl (C=O) groups is 2. The fraction of sp³-hybridized carbons (Fsp3) is 0.154. The molecule has 0 saturated carbocycles. The molecule has 2 N–H and O–H groups in total. The number of halogens is 4. The molecule has 0 bridgehead atoms. The molecule has 0 atom stereocenters. The molecule has 38 heavy (non-hydrogen) atoms. The Morgan fingerprint density at radius 2 is 1.08 bits per heavy atom. The van der Waals surface area contributed by atoms with Crippen molar-refractivity contribution in [1.29, 1.82) is 0 Å². The number of benzene rings is 3. The number of nitrogens with zero attached hydrogens (tertiary/aromatic N) is 2. The first-order valence-electron chi connectivity index (χ1n) is 11.0. The SMILES string of the molecule is Cc1cc(Br)cc(Br)c1OCC(=O)N/N=C/c1ccc(/C=N/NC(=O)COc2c(C)cc(Br)cc2Br)cc1. The highest BCUT2D eigenvalue weighted by Gasteiger charge is 2.10. The summed E-state index contributed by atoms with van der Waals surface area (Å²) < 4.78 is 14.5. The second kappa shape index (κ2) is 14.6. The summed E-state index contributed by atoms with van der Waals surface area (Å²) in [6.07, 6.45) is 3.03. The summed E-state index contributed by atoms with van der Waals surface area (Å²) in [5.74, 6) is 0.422. The van der Waals surface area contributed by atoms with Crippen molar-refractivity contribution in [3.8, 4) is 11.5 Å². The summed E-state index contributed by atoms with van der Waals surface area (Å²) in [7, 11) is 0. The largest absolute Gasteiger partial charge is 0.482 e. The van der Waals surface area contributed by atoms with Crippen LogP contribution in [0.2, 0.25) is 0 Å². The Hall–Kier alpha value is -2.54. The maximum Gasteiger partial charge on any atom is 0.277 e. The molecule has 3 rings (SSSR count). The molecule has 8 nitrogen and oxygen atoms in total. The normalized spacial score (nSPS) is 11.1. The third-order valence-corrected chi connectivity index (χ3v) is 6.92. The Kier molecular flexibility index (Phi) is 11.5. The van der Waals surface area contributed by atoms with Crippen molar-refractivity contribution in [3.05, 3.63) is 88.7 Å². The predicted molar refractivity (Wildman–Crippen MR) is 162 cm³/mol. The van der Waals surface area contributed by atoms with Crippen molar-refractivity contribution in [3.63, 3.8) is 0 Å². The van der Waals surface area contributed by atoms with Gasteiger partial charge < -0.3 is 9.47 Å². The predicted octanol–water partition coefficient (Wildman–Crippen LogP) is 6.41. The van der Waals surface area contributed by atoms with Gasteiger partial charge in [0.25, 0.3) is 11.8 Å². The molecule has 0 unspecified atom stereocenters. The van der Waals surface area contributed by atoms with Gasteiger partial charge in [-0.2, -0.15) is 10.2 Å². The lowest BCUT2D eigenvalue weighted by Crippen LogP contribution is -2.25. The Balaban J connectivity index is 1.41. The maximum atomic E-state index is 12.1. The Morgan fingerprint density at radius 3 is 1.42 bits per heavy atom. The molecule has 0 aliphatic rings. The third-order valence-electron chi connectivity index (χ3n) is 4.83. The van der Waals surface area contributed by atoms with E-state index in [2.05, 4.69) is 84.8 Å². The van der Waals surface area contributed by atoms with Crippen LogP contribution < -0.4 is 20.3 Å². The van der Waals surface area contributed by atoms with E-state index < -0.39 is 0 Å². The van der Waals surface area contributed by atoms with E-state index in [0.717, 1.165) is 40.1 Å². The minimum absolute atomic E-state index is 0.176. The molecule has 0 radical (unpaired) electrons. The van der Waals surface area contributed by atoms with Gasteiger partial charge in [-0.05, 0) is 92.2 Å². The molecular formula is C26H22Br4N4O4. The lowest BCUT2D eigenvalue weighted by molar-refractivity contribution is -0.123. The number of amides is 2. The van der Waals surface area contributed by atoms with E-state index in [1.165, 1.54) is 12.4 Å². The molecule has 198 valence electrons. The highest BCUT2D eigenvalue weighted by molar-refractivity contribution is 9.11. The number of nitrogens with one attached hydrogen (secondary N) is 2. The first kappa shape index (κ1) is 30.0. The van der Waals surface area contributed by atoms with E-state index in [1.807, 2.05) is 38.1 Å². The van der Waals surface area contributed by atoms with Crippen LogP contribution in [0.4, 0.5) is 0 Å². The summed E-state index contributed by atoms with van der Waals surface area (Å²) in [4.78, 5) is 24.1. The molecule has 12 heteroatoms. The van der Waals surface area contributed by atoms with Crippen LogP contribution in [0, 0.1) is 13.8 Å². The average Bonchev–Trinajstić information content (AvgIpc) is 2.83. The minimum Gasteiger partial charge on any atom is -0.482 e. The van der Waals surface area contributed by atoms with Crippen LogP contribution in [0.5, 0.6) is 11.5 Å². The third kappa shape index (κ3) is 9.33. The van der Waals surface area contributed by atoms with Crippen LogP contribution in [-0.4, -0.2) is 37.5 Å². The van der Waals surface area contributed by atoms with Crippen molar-refractivity contribution in [2.45, 2.75) is 13.8 Å². The van der Waals surface area contributed by atoms with Crippen molar-refractivity contribution >= 4 is 88.0 Å². The van der Waals surface area contributed by atoms with Gasteiger partial charge in [0.15, 0.2) is 13.2 Å². The number of hydrazone groups is 2. The van der Waals surface area contributed by atoms with Crippen LogP contribution in [0.3, 0.4) is 0 Å². The molecular weight excluding hydrogens is 752 g/mol. The number of rotatable bonds is 10. The van der Waals surface area contributed by atoms with Gasteiger partial charge in [-0.1, -0.05) is 56.1 Å². The number of carbonyl (C=O) groups excluding carboxylic acids is 2. The van der Waals surface area contributed by atoms with E-state index in [1.54, 1.807) is 24.3 Å². The fourth-order valence-electron chi connectivity index (χ4n) is 3.11. The summed E-state index contributed by atoms with van der Waals surface area (Å²) in [6, 6.07) is 14.7. The molecule has 0 saturated heterocycles. The first-order chi connectivity index (χ1) is 18.1. The zero-order valence-corrected chi connectivity index (χ0v) is 26.6. The standard InChI is InChI=1S/C26H22Br4N4O4/c1-15-7-19(27)9-21(29)25(15)37-13-23(35)33-31-11-17-3-5-18(6-4-17)12-32-34-24(36)14-38-26-16(2)8-20(28)10-22(26)30/h3-12H,13-14H2,1-2H3,(H,33,35)(H,34,36)/b31-11+,32-12+. The zero-order chi connectivity index (χ0) is 27.7. The van der Waals surface area contributed by atoms with Crippen molar-refractivity contribution in [1.82, 2.24) is 10.9 Å². The monoisotopic (exact) mass is 770 g/mol. The summed E-state index contributed by atoms with van der Waals surface area (Å²) in [5.41, 5.74) is 8.19. The molecule has 0 fully saturated rings. The maximum absolute atomic E-state index is 12.1. The highest BCUT2D eigenvalue weighted by atomic mass is 79.9. The fourth-order valence-corrected chi connectivity index (χ4v) is 6.22. The molecule has 0 aliphatic heterocycles. The van der Waals surface area contributed by atoms with Crippen molar-refractivity contribution < 1.29 is 19.1 Å². The Bertz CT molecular complexity index is 1230. The molecule has 0 spiro atoms. The Morgan fingerprint density at radius 1 is 0.711 bits per heavy atom. The molecule has 0 heterocycles. The van der Waals surface area contributed by atoms with Crippen LogP contribution in [-0.2, 0) is 9.59 Å². The number of hydrogen-bond acceptors (Lipinski definition) is 6. The summed E-state index contributed by atoms with van der Waals surface area (Å²) >= 11 is 13.7. The van der Waals surface area contributed by atoms with Gasteiger partial charge in [0.2, 0.25) is 0 Å². The molecule has 0 aromatic heterocycles. The average molecular weight is 774 g/mol. The van der Waals surface area contributed by atoms with Crippen molar-refractivity contribution in [2.75, 3.05) is 13.2 Å². The quantitative estimate of drug-likeness (QED) is 0.184. The van der Waals surface area contributed by atoms with Gasteiger partial charge in [-0.15, -0.1) is 0 Å². The van der Waals surface area contributed by atoms with E-state index in [-0.39, 0.29) is 25.0 Å². The van der Waals surface area contributed by atoms with E-state index in [0.29, 0.717) is 11.5 Å². The van der Waals surface area contributed by atoms with Gasteiger partial charge in [-0.3, -0.25) is 9.59 Å². The van der Waals surface area contributed by atoms with Gasteiger partial charge in [0.1, 0.15) is 11.5 Å². The Labute approximate surface area is 253 Å². The van der Waals surface area contributed by atoms with Gasteiger partial charge >= 0.3 is 0 Å². The lowest BCUT2D eigenvalue weighted by Gasteiger charge is -2.10. The van der Waals surface area contributed by atoms with Gasteiger partial charge in [0.05, 0.1) is 21.4 Å². The lowest BCUT2D eigenvalue weighted by atomic mass is 10.2. The minimum atomic E-state index is -0.387. The van der Waals surface area contributed by atoms with Crippen LogP contribution in [0.25, 0.3) is 0 Å². The smallest absolute Gasteiger partial charge is 0.277 e. The van der Waals surface area contributed by atoms with E-state index in [9.17, 15) is 9.59 Å². The first-order valence-corrected chi connectivity index (χ1v) is 14.2. The second-order valence-corrected chi connectivity index (χ2v) is 11.4. The molecule has 3 aromatic rings. The van der Waals surface area contributed by atoms with E-state index in [4.69, 9.17) is 9.47 Å². The summed E-state index contributed by atoms with van der Waals surface area (Å²) in [6.45, 7) is 3.43. The highest BCUT2D eigenvalue weighted by Crippen LogP contribution is 2.33. The van der Waals surface area contributed by atoms with E-state index >= 15 is 0 Å². The molecule has 3 aromatic carbocycles. The number of aryl methyl sites for hydroxylation is 2. The molecule has 2 amide bonds. The van der Waals surface area contributed by atoms with Gasteiger partial charge in [0, 0.05) is 8.95 Å². The van der Waals surface area contributed by atoms with Crippen molar-refractivity contribution in [2.24, 2.45) is 10.2 Å².